The molecule has 3 aromatic rings. The highest BCUT2D eigenvalue weighted by Crippen LogP contribution is 2.20. The van der Waals surface area contributed by atoms with Crippen molar-refractivity contribution in [2.75, 3.05) is 26.0 Å². The number of aromatic nitrogens is 3. The Bertz CT molecular complexity index is 768. The van der Waals surface area contributed by atoms with Gasteiger partial charge in [0.05, 0.1) is 5.69 Å². The maximum Gasteiger partial charge on any atom is 0.224 e. The van der Waals surface area contributed by atoms with Crippen molar-refractivity contribution in [3.63, 3.8) is 0 Å². The molecule has 0 radical (unpaired) electrons. The van der Waals surface area contributed by atoms with Crippen molar-refractivity contribution < 1.29 is 4.52 Å². The first-order valence-corrected chi connectivity index (χ1v) is 7.79. The molecule has 124 valence electrons. The summed E-state index contributed by atoms with van der Waals surface area (Å²) in [5.41, 5.74) is 3.00. The normalized spacial score (nSPS) is 11.0. The second-order valence-corrected chi connectivity index (χ2v) is 6.01. The first kappa shape index (κ1) is 16.1. The molecule has 0 aliphatic carbocycles. The van der Waals surface area contributed by atoms with Gasteiger partial charge in [0.25, 0.3) is 0 Å². The summed E-state index contributed by atoms with van der Waals surface area (Å²) < 4.78 is 5.44. The molecule has 0 spiro atoms. The minimum absolute atomic E-state index is 0.700. The van der Waals surface area contributed by atoms with Gasteiger partial charge in [0.2, 0.25) is 5.95 Å². The zero-order valence-electron chi connectivity index (χ0n) is 14.2. The lowest BCUT2D eigenvalue weighted by Gasteiger charge is -2.15. The standard InChI is InChI=1S/C18H21N5O/c1-22(2)18-19-10-14(11-20-18)12-23(3)13-16-9-17(24-21-16)15-7-5-4-6-8-15/h4-11H,12-13H2,1-3H3. The molecule has 0 aliphatic heterocycles. The molecule has 6 heteroatoms. The van der Waals surface area contributed by atoms with Crippen molar-refractivity contribution in [1.82, 2.24) is 20.0 Å². The highest BCUT2D eigenvalue weighted by atomic mass is 16.5. The molecule has 1 aromatic carbocycles. The Morgan fingerprint density at radius 2 is 1.67 bits per heavy atom. The van der Waals surface area contributed by atoms with Crippen LogP contribution in [0.2, 0.25) is 0 Å². The van der Waals surface area contributed by atoms with E-state index in [9.17, 15) is 0 Å². The second kappa shape index (κ2) is 7.23. The third-order valence-electron chi connectivity index (χ3n) is 3.59. The molecule has 0 N–H and O–H groups in total. The second-order valence-electron chi connectivity index (χ2n) is 6.01. The number of hydrogen-bond acceptors (Lipinski definition) is 6. The van der Waals surface area contributed by atoms with E-state index < -0.39 is 0 Å². The summed E-state index contributed by atoms with van der Waals surface area (Å²) in [7, 11) is 5.89. The smallest absolute Gasteiger partial charge is 0.224 e. The van der Waals surface area contributed by atoms with Crippen LogP contribution in [-0.4, -0.2) is 41.2 Å². The van der Waals surface area contributed by atoms with Crippen LogP contribution >= 0.6 is 0 Å². The van der Waals surface area contributed by atoms with Gasteiger partial charge in [-0.05, 0) is 7.05 Å². The molecule has 0 saturated carbocycles. The average molecular weight is 323 g/mol. The molecule has 2 heterocycles. The lowest BCUT2D eigenvalue weighted by molar-refractivity contribution is 0.304. The monoisotopic (exact) mass is 323 g/mol. The topological polar surface area (TPSA) is 58.3 Å². The molecule has 3 rings (SSSR count). The van der Waals surface area contributed by atoms with E-state index in [-0.39, 0.29) is 0 Å². The SMILES string of the molecule is CN(Cc1cnc(N(C)C)nc1)Cc1cc(-c2ccccc2)on1. The van der Waals surface area contributed by atoms with Crippen LogP contribution < -0.4 is 4.90 Å². The fraction of sp³-hybridized carbons (Fsp3) is 0.278. The van der Waals surface area contributed by atoms with Gasteiger partial charge in [0, 0.05) is 56.8 Å². The van der Waals surface area contributed by atoms with E-state index in [0.29, 0.717) is 12.5 Å². The molecular weight excluding hydrogens is 302 g/mol. The highest BCUT2D eigenvalue weighted by Gasteiger charge is 2.09. The minimum atomic E-state index is 0.700. The highest BCUT2D eigenvalue weighted by molar-refractivity contribution is 5.56. The van der Waals surface area contributed by atoms with Crippen LogP contribution in [-0.2, 0) is 13.1 Å². The fourth-order valence-electron chi connectivity index (χ4n) is 2.43. The van der Waals surface area contributed by atoms with Crippen LogP contribution in [0.4, 0.5) is 5.95 Å². The van der Waals surface area contributed by atoms with Crippen molar-refractivity contribution in [1.29, 1.82) is 0 Å². The maximum absolute atomic E-state index is 5.44. The third kappa shape index (κ3) is 3.97. The lowest BCUT2D eigenvalue weighted by Crippen LogP contribution is -2.18. The van der Waals surface area contributed by atoms with Crippen molar-refractivity contribution in [3.8, 4) is 11.3 Å². The van der Waals surface area contributed by atoms with E-state index in [0.717, 1.165) is 29.1 Å². The van der Waals surface area contributed by atoms with Crippen LogP contribution in [0.1, 0.15) is 11.3 Å². The molecule has 6 nitrogen and oxygen atoms in total. The molecule has 0 unspecified atom stereocenters. The summed E-state index contributed by atoms with van der Waals surface area (Å²) >= 11 is 0. The Labute approximate surface area is 141 Å². The molecule has 2 aromatic heterocycles. The molecule has 0 fully saturated rings. The van der Waals surface area contributed by atoms with Gasteiger partial charge in [-0.25, -0.2) is 9.97 Å². The number of hydrogen-bond donors (Lipinski definition) is 0. The summed E-state index contributed by atoms with van der Waals surface area (Å²) in [6.45, 7) is 1.45. The summed E-state index contributed by atoms with van der Waals surface area (Å²) in [6, 6.07) is 12.0. The van der Waals surface area contributed by atoms with Crippen LogP contribution in [0, 0.1) is 0 Å². The van der Waals surface area contributed by atoms with E-state index in [1.54, 1.807) is 0 Å². The Balaban J connectivity index is 1.61. The van der Waals surface area contributed by atoms with Gasteiger partial charge < -0.3 is 9.42 Å². The first-order valence-electron chi connectivity index (χ1n) is 7.79. The van der Waals surface area contributed by atoms with Gasteiger partial charge in [-0.2, -0.15) is 0 Å². The molecule has 0 bridgehead atoms. The average Bonchev–Trinajstić information content (AvgIpc) is 3.04. The molecule has 0 amide bonds. The van der Waals surface area contributed by atoms with Gasteiger partial charge in [-0.3, -0.25) is 4.90 Å². The zero-order valence-corrected chi connectivity index (χ0v) is 14.2. The van der Waals surface area contributed by atoms with E-state index >= 15 is 0 Å². The molecule has 0 saturated heterocycles. The molecule has 0 aliphatic rings. The van der Waals surface area contributed by atoms with Crippen molar-refractivity contribution in [2.24, 2.45) is 0 Å². The Morgan fingerprint density at radius 1 is 0.958 bits per heavy atom. The van der Waals surface area contributed by atoms with E-state index in [1.165, 1.54) is 0 Å². The van der Waals surface area contributed by atoms with Crippen LogP contribution in [0.5, 0.6) is 0 Å². The van der Waals surface area contributed by atoms with E-state index in [1.807, 2.05) is 74.8 Å². The Hall–Kier alpha value is -2.73. The Kier molecular flexibility index (Phi) is 4.86. The van der Waals surface area contributed by atoms with E-state index in [2.05, 4.69) is 20.0 Å². The maximum atomic E-state index is 5.44. The summed E-state index contributed by atoms with van der Waals surface area (Å²) in [5.74, 6) is 1.50. The number of rotatable bonds is 6. The lowest BCUT2D eigenvalue weighted by atomic mass is 10.1. The Morgan fingerprint density at radius 3 is 2.33 bits per heavy atom. The zero-order chi connectivity index (χ0) is 16.9. The summed E-state index contributed by atoms with van der Waals surface area (Å²) in [4.78, 5) is 12.7. The number of benzene rings is 1. The number of anilines is 1. The van der Waals surface area contributed by atoms with Gasteiger partial charge in [0.1, 0.15) is 0 Å². The van der Waals surface area contributed by atoms with Crippen LogP contribution in [0.15, 0.2) is 53.3 Å². The van der Waals surface area contributed by atoms with E-state index in [4.69, 9.17) is 4.52 Å². The van der Waals surface area contributed by atoms with Crippen molar-refractivity contribution in [3.05, 3.63) is 60.0 Å². The predicted octanol–water partition coefficient (Wildman–Crippen LogP) is 2.83. The van der Waals surface area contributed by atoms with Crippen molar-refractivity contribution >= 4 is 5.95 Å². The van der Waals surface area contributed by atoms with Gasteiger partial charge in [-0.15, -0.1) is 0 Å². The largest absolute Gasteiger partial charge is 0.356 e. The van der Waals surface area contributed by atoms with Gasteiger partial charge >= 0.3 is 0 Å². The summed E-state index contributed by atoms with van der Waals surface area (Å²) in [5, 5.41) is 4.16. The first-order chi connectivity index (χ1) is 11.6. The van der Waals surface area contributed by atoms with Gasteiger partial charge in [-0.1, -0.05) is 35.5 Å². The van der Waals surface area contributed by atoms with Crippen molar-refractivity contribution in [2.45, 2.75) is 13.1 Å². The quantitative estimate of drug-likeness (QED) is 0.695. The molecule has 24 heavy (non-hydrogen) atoms. The summed E-state index contributed by atoms with van der Waals surface area (Å²) in [6.07, 6.45) is 3.72. The molecular formula is C18H21N5O. The van der Waals surface area contributed by atoms with Crippen LogP contribution in [0.25, 0.3) is 11.3 Å². The predicted molar refractivity (Wildman–Crippen MR) is 93.5 cm³/mol. The number of nitrogens with zero attached hydrogens (tertiary/aromatic N) is 5. The van der Waals surface area contributed by atoms with Crippen LogP contribution in [0.3, 0.4) is 0 Å². The molecule has 0 atom stereocenters. The minimum Gasteiger partial charge on any atom is -0.356 e. The fourth-order valence-corrected chi connectivity index (χ4v) is 2.43. The third-order valence-corrected chi connectivity index (χ3v) is 3.59. The van der Waals surface area contributed by atoms with Gasteiger partial charge in [0.15, 0.2) is 5.76 Å².